The molecule has 0 amide bonds. The second kappa shape index (κ2) is 4.56. The van der Waals surface area contributed by atoms with Gasteiger partial charge >= 0.3 is 0 Å². The van der Waals surface area contributed by atoms with Gasteiger partial charge in [0, 0.05) is 27.7 Å². The molecule has 0 N–H and O–H groups in total. The number of thiazole rings is 1. The normalized spacial score (nSPS) is 11.3. The quantitative estimate of drug-likeness (QED) is 0.562. The minimum atomic E-state index is 0.875. The van der Waals surface area contributed by atoms with Crippen LogP contribution in [0.2, 0.25) is 0 Å². The van der Waals surface area contributed by atoms with E-state index in [-0.39, 0.29) is 0 Å². The van der Waals surface area contributed by atoms with Gasteiger partial charge < -0.3 is 4.74 Å². The summed E-state index contributed by atoms with van der Waals surface area (Å²) in [5.41, 5.74) is 2.06. The number of methoxy groups -OCH3 is 1. The van der Waals surface area contributed by atoms with Gasteiger partial charge in [-0.25, -0.2) is 9.67 Å². The molecule has 2 aromatic heterocycles. The Morgan fingerprint density at radius 2 is 1.95 bits per heavy atom. The summed E-state index contributed by atoms with van der Waals surface area (Å²) in [6.45, 7) is 2.01. The van der Waals surface area contributed by atoms with Gasteiger partial charge in [-0.2, -0.15) is 5.10 Å². The van der Waals surface area contributed by atoms with Crippen LogP contribution < -0.4 is 4.74 Å². The van der Waals surface area contributed by atoms with Crippen LogP contribution in [0.3, 0.4) is 0 Å². The van der Waals surface area contributed by atoms with Gasteiger partial charge in [0.15, 0.2) is 0 Å². The number of ether oxygens (including phenoxy) is 1. The van der Waals surface area contributed by atoms with Gasteiger partial charge in [0.1, 0.15) is 5.75 Å². The summed E-state index contributed by atoms with van der Waals surface area (Å²) in [6.07, 6.45) is 1.80. The molecule has 4 rings (SSSR count). The number of benzene rings is 2. The molecule has 21 heavy (non-hydrogen) atoms. The fourth-order valence-corrected chi connectivity index (χ4v) is 3.31. The Kier molecular flexibility index (Phi) is 2.68. The third kappa shape index (κ3) is 1.74. The number of hydrogen-bond donors (Lipinski definition) is 0. The highest BCUT2D eigenvalue weighted by atomic mass is 32.1. The topological polar surface area (TPSA) is 39.9 Å². The molecule has 5 heteroatoms. The zero-order valence-electron chi connectivity index (χ0n) is 11.7. The van der Waals surface area contributed by atoms with Crippen molar-refractivity contribution in [3.05, 3.63) is 47.6 Å². The SMILES string of the molecule is COc1cc2c(C)nn(-c3nccs3)c2c2ccccc12. The van der Waals surface area contributed by atoms with Crippen molar-refractivity contribution in [1.82, 2.24) is 14.8 Å². The van der Waals surface area contributed by atoms with Gasteiger partial charge in [-0.1, -0.05) is 24.3 Å². The van der Waals surface area contributed by atoms with E-state index in [9.17, 15) is 0 Å². The highest BCUT2D eigenvalue weighted by Crippen LogP contribution is 2.35. The summed E-state index contributed by atoms with van der Waals surface area (Å²) in [6, 6.07) is 10.3. The number of aryl methyl sites for hydroxylation is 1. The molecule has 4 aromatic rings. The summed E-state index contributed by atoms with van der Waals surface area (Å²) in [5.74, 6) is 0.875. The van der Waals surface area contributed by atoms with Crippen LogP contribution in [0.5, 0.6) is 5.75 Å². The molecule has 2 aromatic carbocycles. The molecule has 2 heterocycles. The van der Waals surface area contributed by atoms with Crippen molar-refractivity contribution in [3.8, 4) is 10.9 Å². The Morgan fingerprint density at radius 1 is 1.14 bits per heavy atom. The van der Waals surface area contributed by atoms with E-state index < -0.39 is 0 Å². The van der Waals surface area contributed by atoms with Gasteiger partial charge in [0.25, 0.3) is 0 Å². The Labute approximate surface area is 125 Å². The first-order valence-corrected chi connectivity index (χ1v) is 7.52. The van der Waals surface area contributed by atoms with Gasteiger partial charge in [0.05, 0.1) is 18.3 Å². The zero-order chi connectivity index (χ0) is 14.4. The summed E-state index contributed by atoms with van der Waals surface area (Å²) in [7, 11) is 1.70. The maximum Gasteiger partial charge on any atom is 0.210 e. The Bertz CT molecular complexity index is 941. The first kappa shape index (κ1) is 12.3. The molecule has 0 aliphatic heterocycles. The van der Waals surface area contributed by atoms with Crippen LogP contribution in [0, 0.1) is 6.92 Å². The number of nitrogens with zero attached hydrogens (tertiary/aromatic N) is 3. The number of hydrogen-bond acceptors (Lipinski definition) is 4. The van der Waals surface area contributed by atoms with Crippen molar-refractivity contribution in [2.45, 2.75) is 6.92 Å². The minimum Gasteiger partial charge on any atom is -0.496 e. The maximum atomic E-state index is 5.54. The van der Waals surface area contributed by atoms with Crippen LogP contribution in [0.15, 0.2) is 41.9 Å². The van der Waals surface area contributed by atoms with Gasteiger partial charge in [-0.3, -0.25) is 0 Å². The lowest BCUT2D eigenvalue weighted by Gasteiger charge is -2.08. The third-order valence-corrected chi connectivity index (χ3v) is 4.40. The highest BCUT2D eigenvalue weighted by Gasteiger charge is 2.16. The van der Waals surface area contributed by atoms with Gasteiger partial charge in [-0.05, 0) is 13.0 Å². The summed E-state index contributed by atoms with van der Waals surface area (Å²) < 4.78 is 7.47. The second-order valence-electron chi connectivity index (χ2n) is 4.83. The average Bonchev–Trinajstić information content (AvgIpc) is 3.14. The second-order valence-corrected chi connectivity index (χ2v) is 5.71. The van der Waals surface area contributed by atoms with Gasteiger partial charge in [0.2, 0.25) is 5.13 Å². The predicted octanol–water partition coefficient (Wildman–Crippen LogP) is 3.95. The minimum absolute atomic E-state index is 0.875. The predicted molar refractivity (Wildman–Crippen MR) is 85.5 cm³/mol. The van der Waals surface area contributed by atoms with Crippen LogP contribution in [0.25, 0.3) is 26.8 Å². The largest absolute Gasteiger partial charge is 0.496 e. The van der Waals surface area contributed by atoms with Crippen LogP contribution in [0.4, 0.5) is 0 Å². The average molecular weight is 295 g/mol. The molecule has 0 aliphatic rings. The summed E-state index contributed by atoms with van der Waals surface area (Å²) in [5, 5.41) is 10.8. The molecular formula is C16H13N3OS. The Hall–Kier alpha value is -2.40. The molecule has 0 spiro atoms. The van der Waals surface area contributed by atoms with E-state index in [0.29, 0.717) is 0 Å². The molecule has 0 radical (unpaired) electrons. The third-order valence-electron chi connectivity index (χ3n) is 3.65. The lowest BCUT2D eigenvalue weighted by Crippen LogP contribution is -1.96. The molecule has 0 bridgehead atoms. The van der Waals surface area contributed by atoms with Crippen molar-refractivity contribution >= 4 is 33.0 Å². The van der Waals surface area contributed by atoms with Crippen molar-refractivity contribution in [2.75, 3.05) is 7.11 Å². The molecule has 0 saturated heterocycles. The molecule has 0 unspecified atom stereocenters. The molecular weight excluding hydrogens is 282 g/mol. The summed E-state index contributed by atoms with van der Waals surface area (Å²) >= 11 is 1.58. The van der Waals surface area contributed by atoms with E-state index in [4.69, 9.17) is 4.74 Å². The van der Waals surface area contributed by atoms with E-state index in [1.54, 1.807) is 24.6 Å². The summed E-state index contributed by atoms with van der Waals surface area (Å²) in [4.78, 5) is 4.39. The fraction of sp³-hybridized carbons (Fsp3) is 0.125. The molecule has 0 atom stereocenters. The highest BCUT2D eigenvalue weighted by molar-refractivity contribution is 7.12. The standard InChI is InChI=1S/C16H13N3OS/c1-10-13-9-14(20-2)11-5-3-4-6-12(11)15(13)19(18-10)16-17-7-8-21-16/h3-9H,1-2H3. The Morgan fingerprint density at radius 3 is 2.67 bits per heavy atom. The lowest BCUT2D eigenvalue weighted by atomic mass is 10.1. The van der Waals surface area contributed by atoms with E-state index >= 15 is 0 Å². The van der Waals surface area contributed by atoms with Crippen molar-refractivity contribution < 1.29 is 4.74 Å². The van der Waals surface area contributed by atoms with Crippen LogP contribution >= 0.6 is 11.3 Å². The molecule has 0 aliphatic carbocycles. The van der Waals surface area contributed by atoms with E-state index in [1.165, 1.54) is 0 Å². The first-order chi connectivity index (χ1) is 10.3. The van der Waals surface area contributed by atoms with Crippen molar-refractivity contribution in [2.24, 2.45) is 0 Å². The molecule has 0 saturated carbocycles. The molecule has 4 nitrogen and oxygen atoms in total. The number of rotatable bonds is 2. The Balaban J connectivity index is 2.22. The van der Waals surface area contributed by atoms with Crippen molar-refractivity contribution in [1.29, 1.82) is 0 Å². The van der Waals surface area contributed by atoms with E-state index in [0.717, 1.165) is 38.3 Å². The van der Waals surface area contributed by atoms with E-state index in [1.807, 2.05) is 29.1 Å². The first-order valence-electron chi connectivity index (χ1n) is 6.64. The van der Waals surface area contributed by atoms with Gasteiger partial charge in [-0.15, -0.1) is 11.3 Å². The molecule has 104 valence electrons. The molecule has 0 fully saturated rings. The van der Waals surface area contributed by atoms with Crippen LogP contribution in [-0.2, 0) is 0 Å². The van der Waals surface area contributed by atoms with Crippen molar-refractivity contribution in [3.63, 3.8) is 0 Å². The number of aromatic nitrogens is 3. The van der Waals surface area contributed by atoms with Crippen LogP contribution in [0.1, 0.15) is 5.69 Å². The lowest BCUT2D eigenvalue weighted by molar-refractivity contribution is 0.420. The smallest absolute Gasteiger partial charge is 0.210 e. The maximum absolute atomic E-state index is 5.54. The number of fused-ring (bicyclic) bond motifs is 3. The van der Waals surface area contributed by atoms with Crippen LogP contribution in [-0.4, -0.2) is 21.9 Å². The zero-order valence-corrected chi connectivity index (χ0v) is 12.5. The van der Waals surface area contributed by atoms with E-state index in [2.05, 4.69) is 28.3 Å². The monoisotopic (exact) mass is 295 g/mol. The fourth-order valence-electron chi connectivity index (χ4n) is 2.71.